The van der Waals surface area contributed by atoms with E-state index in [0.717, 1.165) is 4.47 Å². The van der Waals surface area contributed by atoms with E-state index >= 15 is 0 Å². The van der Waals surface area contributed by atoms with Crippen LogP contribution >= 0.6 is 43.5 Å². The van der Waals surface area contributed by atoms with Gasteiger partial charge in [-0.15, -0.1) is 0 Å². The normalized spacial score (nSPS) is 13.1. The second-order valence-corrected chi connectivity index (χ2v) is 4.12. The predicted octanol–water partition coefficient (Wildman–Crippen LogP) is 4.42. The molecule has 0 saturated carbocycles. The Morgan fingerprint density at radius 2 is 2.00 bits per heavy atom. The summed E-state index contributed by atoms with van der Waals surface area (Å²) < 4.78 is 14.1. The van der Waals surface area contributed by atoms with Gasteiger partial charge in [-0.1, -0.05) is 49.5 Å². The first kappa shape index (κ1) is 9.49. The molecule has 0 amide bonds. The predicted molar refractivity (Wildman–Crippen MR) is 51.5 cm³/mol. The van der Waals surface area contributed by atoms with Crippen LogP contribution in [0, 0.1) is 0 Å². The molecule has 0 saturated heterocycles. The zero-order valence-corrected chi connectivity index (χ0v) is 9.25. The maximum atomic E-state index is 12.5. The molecule has 0 nitrogen and oxygen atoms in total. The zero-order valence-electron chi connectivity index (χ0n) is 5.32. The lowest BCUT2D eigenvalue weighted by Gasteiger charge is -2.02. The van der Waals surface area contributed by atoms with Crippen LogP contribution < -0.4 is 0 Å². The van der Waals surface area contributed by atoms with Crippen LogP contribution in [0.5, 0.6) is 0 Å². The van der Waals surface area contributed by atoms with Gasteiger partial charge in [-0.25, -0.2) is 4.39 Å². The average molecular weight is 302 g/mol. The van der Waals surface area contributed by atoms with E-state index in [1.807, 2.05) is 0 Å². The molecule has 0 bridgehead atoms. The lowest BCUT2D eigenvalue weighted by Crippen LogP contribution is -1.83. The fraction of sp³-hybridized carbons (Fsp3) is 0.143. The summed E-state index contributed by atoms with van der Waals surface area (Å²) in [6.07, 6.45) is 0. The van der Waals surface area contributed by atoms with Gasteiger partial charge in [-0.3, -0.25) is 0 Å². The van der Waals surface area contributed by atoms with E-state index < -0.39 is 5.63 Å². The Morgan fingerprint density at radius 1 is 1.36 bits per heavy atom. The van der Waals surface area contributed by atoms with E-state index in [1.54, 1.807) is 18.2 Å². The molecule has 1 aromatic carbocycles. The number of halogens is 4. The second-order valence-electron chi connectivity index (χ2n) is 1.97. The first-order valence-electron chi connectivity index (χ1n) is 2.84. The molecule has 0 aliphatic heterocycles. The third kappa shape index (κ3) is 2.42. The molecule has 0 aliphatic rings. The molecule has 4 heteroatoms. The molecule has 1 rings (SSSR count). The van der Waals surface area contributed by atoms with E-state index in [9.17, 15) is 4.39 Å². The van der Waals surface area contributed by atoms with Gasteiger partial charge in [-0.05, 0) is 12.1 Å². The van der Waals surface area contributed by atoms with Crippen molar-refractivity contribution >= 4 is 43.5 Å². The summed E-state index contributed by atoms with van der Waals surface area (Å²) in [5.74, 6) is 0. The molecule has 60 valence electrons. The molecular formula is C7H4Br2ClF. The maximum Gasteiger partial charge on any atom is 0.199 e. The molecule has 0 aromatic heterocycles. The molecule has 0 radical (unpaired) electrons. The third-order valence-electron chi connectivity index (χ3n) is 1.20. The molecule has 11 heavy (non-hydrogen) atoms. The molecule has 0 fully saturated rings. The summed E-state index contributed by atoms with van der Waals surface area (Å²) in [7, 11) is 0. The van der Waals surface area contributed by atoms with Crippen molar-refractivity contribution < 1.29 is 4.39 Å². The first-order valence-corrected chi connectivity index (χ1v) is 4.86. The van der Waals surface area contributed by atoms with Gasteiger partial charge < -0.3 is 0 Å². The quantitative estimate of drug-likeness (QED) is 0.674. The van der Waals surface area contributed by atoms with Crippen molar-refractivity contribution in [2.24, 2.45) is 0 Å². The van der Waals surface area contributed by atoms with E-state index in [1.165, 1.54) is 0 Å². The van der Waals surface area contributed by atoms with Crippen molar-refractivity contribution in [3.63, 3.8) is 0 Å². The number of hydrogen-bond acceptors (Lipinski definition) is 0. The zero-order chi connectivity index (χ0) is 8.43. The summed E-state index contributed by atoms with van der Waals surface area (Å²) in [6, 6.07) is 5.13. The summed E-state index contributed by atoms with van der Waals surface area (Å²) in [6.45, 7) is 0. The Morgan fingerprint density at radius 3 is 2.45 bits per heavy atom. The minimum atomic E-state index is -1.45. The van der Waals surface area contributed by atoms with E-state index in [0.29, 0.717) is 10.0 Å². The van der Waals surface area contributed by atoms with Crippen LogP contribution in [0.3, 0.4) is 0 Å². The standard InChI is InChI=1S/C7H4Br2ClF/c8-4-1-2-5(7(10)11)6(9)3-4/h1-3,7H. The first-order chi connectivity index (χ1) is 5.11. The fourth-order valence-corrected chi connectivity index (χ4v) is 2.25. The van der Waals surface area contributed by atoms with Crippen molar-refractivity contribution in [3.8, 4) is 0 Å². The van der Waals surface area contributed by atoms with E-state index in [-0.39, 0.29) is 0 Å². The van der Waals surface area contributed by atoms with Crippen LogP contribution in [-0.2, 0) is 0 Å². The van der Waals surface area contributed by atoms with Gasteiger partial charge in [0.2, 0.25) is 0 Å². The van der Waals surface area contributed by atoms with Crippen molar-refractivity contribution in [1.82, 2.24) is 0 Å². The molecule has 1 aromatic rings. The largest absolute Gasteiger partial charge is 0.225 e. The molecule has 0 aliphatic carbocycles. The molecule has 1 atom stereocenters. The van der Waals surface area contributed by atoms with Gasteiger partial charge in [0, 0.05) is 14.5 Å². The van der Waals surface area contributed by atoms with Crippen LogP contribution in [0.15, 0.2) is 27.1 Å². The maximum absolute atomic E-state index is 12.5. The Balaban J connectivity index is 3.09. The van der Waals surface area contributed by atoms with Crippen LogP contribution in [-0.4, -0.2) is 0 Å². The monoisotopic (exact) mass is 300 g/mol. The minimum Gasteiger partial charge on any atom is -0.225 e. The van der Waals surface area contributed by atoms with E-state index in [2.05, 4.69) is 31.9 Å². The van der Waals surface area contributed by atoms with Gasteiger partial charge in [0.25, 0.3) is 0 Å². The van der Waals surface area contributed by atoms with Crippen molar-refractivity contribution in [2.75, 3.05) is 0 Å². The lowest BCUT2D eigenvalue weighted by atomic mass is 10.2. The SMILES string of the molecule is FC(Cl)c1ccc(Br)cc1Br. The fourth-order valence-electron chi connectivity index (χ4n) is 0.678. The topological polar surface area (TPSA) is 0 Å². The summed E-state index contributed by atoms with van der Waals surface area (Å²) in [5.41, 5.74) is -0.993. The van der Waals surface area contributed by atoms with Gasteiger partial charge >= 0.3 is 0 Å². The highest BCUT2D eigenvalue weighted by molar-refractivity contribution is 9.11. The highest BCUT2D eigenvalue weighted by Gasteiger charge is 2.08. The summed E-state index contributed by atoms with van der Waals surface area (Å²) >= 11 is 11.7. The van der Waals surface area contributed by atoms with Crippen molar-refractivity contribution in [1.29, 1.82) is 0 Å². The Labute approximate surface area is 86.0 Å². The number of hydrogen-bond donors (Lipinski definition) is 0. The Hall–Kier alpha value is 0.400. The van der Waals surface area contributed by atoms with Gasteiger partial charge in [0.15, 0.2) is 5.63 Å². The Bertz CT molecular complexity index is 263. The van der Waals surface area contributed by atoms with Crippen LogP contribution in [0.25, 0.3) is 0 Å². The minimum absolute atomic E-state index is 0.454. The van der Waals surface area contributed by atoms with E-state index in [4.69, 9.17) is 11.6 Å². The van der Waals surface area contributed by atoms with Crippen LogP contribution in [0.4, 0.5) is 4.39 Å². The second kappa shape index (κ2) is 3.87. The number of rotatable bonds is 1. The highest BCUT2D eigenvalue weighted by Crippen LogP contribution is 2.30. The molecule has 0 N–H and O–H groups in total. The van der Waals surface area contributed by atoms with Crippen LogP contribution in [0.1, 0.15) is 11.2 Å². The number of benzene rings is 1. The van der Waals surface area contributed by atoms with Crippen LogP contribution in [0.2, 0.25) is 0 Å². The highest BCUT2D eigenvalue weighted by atomic mass is 79.9. The van der Waals surface area contributed by atoms with Gasteiger partial charge in [0.05, 0.1) is 0 Å². The number of alkyl halides is 2. The van der Waals surface area contributed by atoms with Crippen molar-refractivity contribution in [2.45, 2.75) is 5.63 Å². The summed E-state index contributed by atoms with van der Waals surface area (Å²) in [5, 5.41) is 0. The van der Waals surface area contributed by atoms with Gasteiger partial charge in [-0.2, -0.15) is 0 Å². The van der Waals surface area contributed by atoms with Crippen molar-refractivity contribution in [3.05, 3.63) is 32.7 Å². The van der Waals surface area contributed by atoms with Gasteiger partial charge in [0.1, 0.15) is 0 Å². The molecular weight excluding hydrogens is 298 g/mol. The molecule has 0 spiro atoms. The molecule has 0 heterocycles. The Kier molecular flexibility index (Phi) is 3.34. The lowest BCUT2D eigenvalue weighted by molar-refractivity contribution is 0.459. The smallest absolute Gasteiger partial charge is 0.199 e. The molecule has 1 unspecified atom stereocenters. The average Bonchev–Trinajstić information content (AvgIpc) is 1.85. The third-order valence-corrected chi connectivity index (χ3v) is 2.61. The summed E-state index contributed by atoms with van der Waals surface area (Å²) in [4.78, 5) is 0.